The van der Waals surface area contributed by atoms with Gasteiger partial charge in [-0.15, -0.1) is 0 Å². The average Bonchev–Trinajstić information content (AvgIpc) is 2.56. The van der Waals surface area contributed by atoms with Gasteiger partial charge in [-0.1, -0.05) is 74.7 Å². The number of hydrogen-bond acceptors (Lipinski definition) is 3. The Balaban J connectivity index is 1.94. The molecule has 22 heavy (non-hydrogen) atoms. The Morgan fingerprint density at radius 3 is 2.41 bits per heavy atom. The van der Waals surface area contributed by atoms with Crippen LogP contribution in [0.25, 0.3) is 11.1 Å². The maximum Gasteiger partial charge on any atom is 0.513 e. The van der Waals surface area contributed by atoms with Gasteiger partial charge >= 0.3 is 6.16 Å². The van der Waals surface area contributed by atoms with Gasteiger partial charge in [-0.3, -0.25) is 0 Å². The Bertz CT molecular complexity index is 578. The minimum Gasteiger partial charge on any atom is -0.434 e. The highest BCUT2D eigenvalue weighted by molar-refractivity contribution is 5.74. The monoisotopic (exact) mass is 298 g/mol. The van der Waals surface area contributed by atoms with Crippen LogP contribution in [0.15, 0.2) is 54.6 Å². The molecule has 0 saturated heterocycles. The standard InChI is InChI=1S/C19H22O3/c1-2-3-4-10-15-21-19(20)22-18-14-9-8-13-17(18)16-11-6-5-7-12-16/h5-9,11-14H,2-4,10,15H2,1H3. The van der Waals surface area contributed by atoms with Crippen molar-refractivity contribution in [3.63, 3.8) is 0 Å². The molecule has 0 fully saturated rings. The van der Waals surface area contributed by atoms with Crippen molar-refractivity contribution in [2.75, 3.05) is 6.61 Å². The fourth-order valence-corrected chi connectivity index (χ4v) is 2.22. The summed E-state index contributed by atoms with van der Waals surface area (Å²) in [7, 11) is 0. The van der Waals surface area contributed by atoms with E-state index in [-0.39, 0.29) is 0 Å². The Labute approximate surface area is 131 Å². The van der Waals surface area contributed by atoms with E-state index in [2.05, 4.69) is 6.92 Å². The summed E-state index contributed by atoms with van der Waals surface area (Å²) < 4.78 is 10.5. The number of ether oxygens (including phenoxy) is 2. The molecule has 0 radical (unpaired) electrons. The van der Waals surface area contributed by atoms with Gasteiger partial charge in [0.1, 0.15) is 5.75 Å². The quantitative estimate of drug-likeness (QED) is 0.387. The Kier molecular flexibility index (Phi) is 6.49. The van der Waals surface area contributed by atoms with Gasteiger partial charge in [0.15, 0.2) is 0 Å². The Morgan fingerprint density at radius 1 is 0.909 bits per heavy atom. The molecule has 0 aliphatic rings. The van der Waals surface area contributed by atoms with Crippen LogP contribution < -0.4 is 4.74 Å². The van der Waals surface area contributed by atoms with E-state index >= 15 is 0 Å². The van der Waals surface area contributed by atoms with Crippen LogP contribution in [0.2, 0.25) is 0 Å². The molecule has 0 heterocycles. The van der Waals surface area contributed by atoms with E-state index in [4.69, 9.17) is 9.47 Å². The fourth-order valence-electron chi connectivity index (χ4n) is 2.22. The number of unbranched alkanes of at least 4 members (excludes halogenated alkanes) is 3. The van der Waals surface area contributed by atoms with Crippen molar-refractivity contribution in [1.29, 1.82) is 0 Å². The van der Waals surface area contributed by atoms with Gasteiger partial charge < -0.3 is 9.47 Å². The van der Waals surface area contributed by atoms with Crippen LogP contribution >= 0.6 is 0 Å². The number of benzene rings is 2. The first-order valence-corrected chi connectivity index (χ1v) is 7.80. The Hall–Kier alpha value is -2.29. The van der Waals surface area contributed by atoms with E-state index in [0.29, 0.717) is 12.4 Å². The average molecular weight is 298 g/mol. The predicted octanol–water partition coefficient (Wildman–Crippen LogP) is 5.45. The molecular weight excluding hydrogens is 276 g/mol. The molecule has 0 aliphatic heterocycles. The molecule has 0 spiro atoms. The smallest absolute Gasteiger partial charge is 0.434 e. The molecule has 2 aromatic carbocycles. The molecule has 0 atom stereocenters. The lowest BCUT2D eigenvalue weighted by molar-refractivity contribution is 0.0975. The van der Waals surface area contributed by atoms with Crippen molar-refractivity contribution in [2.45, 2.75) is 32.6 Å². The molecule has 0 aromatic heterocycles. The highest BCUT2D eigenvalue weighted by Crippen LogP contribution is 2.29. The molecular formula is C19H22O3. The summed E-state index contributed by atoms with van der Waals surface area (Å²) in [5, 5.41) is 0. The summed E-state index contributed by atoms with van der Waals surface area (Å²) in [6.45, 7) is 2.56. The van der Waals surface area contributed by atoms with Gasteiger partial charge in [-0.25, -0.2) is 4.79 Å². The zero-order valence-electron chi connectivity index (χ0n) is 13.0. The maximum atomic E-state index is 11.8. The van der Waals surface area contributed by atoms with Gasteiger partial charge in [0.2, 0.25) is 0 Å². The van der Waals surface area contributed by atoms with E-state index in [1.54, 1.807) is 6.07 Å². The first-order chi connectivity index (χ1) is 10.8. The van der Waals surface area contributed by atoms with Crippen LogP contribution in [0.4, 0.5) is 4.79 Å². The van der Waals surface area contributed by atoms with Crippen molar-refractivity contribution in [1.82, 2.24) is 0 Å². The topological polar surface area (TPSA) is 35.5 Å². The zero-order valence-corrected chi connectivity index (χ0v) is 13.0. The minimum absolute atomic E-state index is 0.409. The number of carbonyl (C=O) groups is 1. The molecule has 3 heteroatoms. The number of rotatable bonds is 7. The summed E-state index contributed by atoms with van der Waals surface area (Å²) in [6, 6.07) is 17.3. The maximum absolute atomic E-state index is 11.8. The lowest BCUT2D eigenvalue weighted by Gasteiger charge is -2.10. The molecule has 116 valence electrons. The number of carbonyl (C=O) groups excluding carboxylic acids is 1. The SMILES string of the molecule is CCCCCCOC(=O)Oc1ccccc1-c1ccccc1. The van der Waals surface area contributed by atoms with Crippen molar-refractivity contribution in [3.8, 4) is 16.9 Å². The summed E-state index contributed by atoms with van der Waals surface area (Å²) in [5.74, 6) is 0.521. The van der Waals surface area contributed by atoms with Gasteiger partial charge in [-0.2, -0.15) is 0 Å². The van der Waals surface area contributed by atoms with Crippen molar-refractivity contribution in [2.24, 2.45) is 0 Å². The molecule has 0 aliphatic carbocycles. The largest absolute Gasteiger partial charge is 0.513 e. The van der Waals surface area contributed by atoms with Crippen LogP contribution in [0.5, 0.6) is 5.75 Å². The fraction of sp³-hybridized carbons (Fsp3) is 0.316. The second kappa shape index (κ2) is 8.88. The minimum atomic E-state index is -0.639. The molecule has 0 N–H and O–H groups in total. The molecule has 0 unspecified atom stereocenters. The third-order valence-electron chi connectivity index (χ3n) is 3.38. The van der Waals surface area contributed by atoms with Crippen molar-refractivity contribution >= 4 is 6.16 Å². The summed E-state index contributed by atoms with van der Waals surface area (Å²) >= 11 is 0. The summed E-state index contributed by atoms with van der Waals surface area (Å²) in [4.78, 5) is 11.8. The molecule has 0 amide bonds. The normalized spacial score (nSPS) is 10.2. The van der Waals surface area contributed by atoms with Crippen LogP contribution in [-0.2, 0) is 4.74 Å². The molecule has 2 aromatic rings. The first-order valence-electron chi connectivity index (χ1n) is 7.80. The Morgan fingerprint density at radius 2 is 1.64 bits per heavy atom. The number of para-hydroxylation sites is 1. The van der Waals surface area contributed by atoms with E-state index < -0.39 is 6.16 Å². The van der Waals surface area contributed by atoms with Gasteiger partial charge in [-0.05, 0) is 18.1 Å². The van der Waals surface area contributed by atoms with Crippen LogP contribution in [0, 0.1) is 0 Å². The van der Waals surface area contributed by atoms with E-state index in [9.17, 15) is 4.79 Å². The van der Waals surface area contributed by atoms with Gasteiger partial charge in [0, 0.05) is 5.56 Å². The molecule has 3 nitrogen and oxygen atoms in total. The first kappa shape index (κ1) is 16.1. The van der Waals surface area contributed by atoms with Gasteiger partial charge in [0.25, 0.3) is 0 Å². The molecule has 2 rings (SSSR count). The van der Waals surface area contributed by atoms with E-state index in [1.807, 2.05) is 48.5 Å². The van der Waals surface area contributed by atoms with Crippen molar-refractivity contribution in [3.05, 3.63) is 54.6 Å². The highest BCUT2D eigenvalue weighted by atomic mass is 16.7. The molecule has 0 bridgehead atoms. The van der Waals surface area contributed by atoms with Crippen LogP contribution in [0.3, 0.4) is 0 Å². The molecule has 0 saturated carbocycles. The second-order valence-electron chi connectivity index (χ2n) is 5.12. The predicted molar refractivity (Wildman–Crippen MR) is 88.0 cm³/mol. The lowest BCUT2D eigenvalue weighted by Crippen LogP contribution is -2.12. The second-order valence-corrected chi connectivity index (χ2v) is 5.12. The lowest BCUT2D eigenvalue weighted by atomic mass is 10.1. The third kappa shape index (κ3) is 4.92. The van der Waals surface area contributed by atoms with Crippen LogP contribution in [0.1, 0.15) is 32.6 Å². The third-order valence-corrected chi connectivity index (χ3v) is 3.38. The van der Waals surface area contributed by atoms with Crippen LogP contribution in [-0.4, -0.2) is 12.8 Å². The van der Waals surface area contributed by atoms with Gasteiger partial charge in [0.05, 0.1) is 6.61 Å². The van der Waals surface area contributed by atoms with E-state index in [0.717, 1.165) is 36.8 Å². The number of hydrogen-bond donors (Lipinski definition) is 0. The van der Waals surface area contributed by atoms with E-state index in [1.165, 1.54) is 0 Å². The zero-order chi connectivity index (χ0) is 15.6. The van der Waals surface area contributed by atoms with Crippen molar-refractivity contribution < 1.29 is 14.3 Å². The highest BCUT2D eigenvalue weighted by Gasteiger charge is 2.11. The summed E-state index contributed by atoms with van der Waals surface area (Å²) in [5.41, 5.74) is 1.89. The summed E-state index contributed by atoms with van der Waals surface area (Å²) in [6.07, 6.45) is 3.64.